The van der Waals surface area contributed by atoms with Gasteiger partial charge in [-0.15, -0.1) is 4.99 Å². The molecule has 11 heavy (non-hydrogen) atoms. The molecular formula is C7H5NO3. The van der Waals surface area contributed by atoms with Crippen molar-refractivity contribution in [2.24, 2.45) is 4.99 Å². The molecule has 0 spiro atoms. The molecule has 4 heteroatoms. The van der Waals surface area contributed by atoms with Crippen molar-refractivity contribution in [1.29, 1.82) is 0 Å². The van der Waals surface area contributed by atoms with Crippen LogP contribution >= 0.6 is 0 Å². The molecule has 56 valence electrons. The first-order valence-electron chi connectivity index (χ1n) is 2.92. The summed E-state index contributed by atoms with van der Waals surface area (Å²) in [6, 6.07) is 3.08. The molecule has 1 rings (SSSR count). The van der Waals surface area contributed by atoms with Gasteiger partial charge in [0.05, 0.1) is 0 Å². The number of nitrogens with zero attached hydrogens (tertiary/aromatic N) is 1. The number of amides is 1. The molecule has 0 unspecified atom stereocenters. The van der Waals surface area contributed by atoms with Crippen molar-refractivity contribution in [3.63, 3.8) is 0 Å². The molecule has 1 aromatic heterocycles. The minimum atomic E-state index is -0.701. The Kier molecular flexibility index (Phi) is 1.99. The van der Waals surface area contributed by atoms with Crippen molar-refractivity contribution in [2.45, 2.75) is 6.92 Å². The molecule has 0 N–H and O–H groups in total. The van der Waals surface area contributed by atoms with Crippen LogP contribution in [0.15, 0.2) is 21.5 Å². The third-order valence-corrected chi connectivity index (χ3v) is 1.10. The van der Waals surface area contributed by atoms with E-state index in [1.54, 1.807) is 13.0 Å². The van der Waals surface area contributed by atoms with E-state index in [0.29, 0.717) is 5.76 Å². The van der Waals surface area contributed by atoms with E-state index in [2.05, 4.69) is 4.99 Å². The second kappa shape index (κ2) is 2.94. The van der Waals surface area contributed by atoms with E-state index in [-0.39, 0.29) is 5.76 Å². The second-order valence-electron chi connectivity index (χ2n) is 1.92. The highest BCUT2D eigenvalue weighted by molar-refractivity contribution is 5.94. The molecule has 0 aromatic carbocycles. The first kappa shape index (κ1) is 7.44. The van der Waals surface area contributed by atoms with Crippen LogP contribution in [0.3, 0.4) is 0 Å². The Hall–Kier alpha value is -1.67. The molecule has 0 fully saturated rings. The fraction of sp³-hybridized carbons (Fsp3) is 0.143. The summed E-state index contributed by atoms with van der Waals surface area (Å²) >= 11 is 0. The molecule has 0 aliphatic rings. The highest BCUT2D eigenvalue weighted by Gasteiger charge is 2.07. The molecule has 0 saturated heterocycles. The van der Waals surface area contributed by atoms with Gasteiger partial charge in [-0.2, -0.15) is 0 Å². The number of furan rings is 1. The average Bonchev–Trinajstić information content (AvgIpc) is 2.36. The molecule has 0 radical (unpaired) electrons. The van der Waals surface area contributed by atoms with Crippen molar-refractivity contribution in [3.05, 3.63) is 23.7 Å². The van der Waals surface area contributed by atoms with Crippen LogP contribution in [0.1, 0.15) is 16.3 Å². The van der Waals surface area contributed by atoms with Crippen LogP contribution in [0, 0.1) is 6.92 Å². The Morgan fingerprint density at radius 1 is 1.64 bits per heavy atom. The highest BCUT2D eigenvalue weighted by Crippen LogP contribution is 2.06. The second-order valence-corrected chi connectivity index (χ2v) is 1.92. The molecule has 1 heterocycles. The van der Waals surface area contributed by atoms with Crippen LogP contribution in [0.4, 0.5) is 0 Å². The Bertz CT molecular complexity index is 320. The standard InChI is InChI=1S/C7H5NO3/c1-5-2-3-6(11-5)7(10)8-4-9/h2-3H,1H3. The Morgan fingerprint density at radius 3 is 2.82 bits per heavy atom. The summed E-state index contributed by atoms with van der Waals surface area (Å²) in [6.45, 7) is 1.70. The lowest BCUT2D eigenvalue weighted by Crippen LogP contribution is -1.89. The number of carbonyl (C=O) groups excluding carboxylic acids is 2. The highest BCUT2D eigenvalue weighted by atomic mass is 16.3. The predicted octanol–water partition coefficient (Wildman–Crippen LogP) is 1.06. The molecule has 1 aromatic rings. The molecule has 1 amide bonds. The van der Waals surface area contributed by atoms with Gasteiger partial charge in [0.15, 0.2) is 5.76 Å². The first-order chi connectivity index (χ1) is 5.24. The SMILES string of the molecule is Cc1ccc(C(=O)N=C=O)o1. The predicted molar refractivity (Wildman–Crippen MR) is 35.9 cm³/mol. The zero-order valence-corrected chi connectivity index (χ0v) is 5.83. The molecule has 0 saturated carbocycles. The van der Waals surface area contributed by atoms with E-state index in [4.69, 9.17) is 4.42 Å². The maximum atomic E-state index is 10.7. The molecule has 0 aliphatic carbocycles. The zero-order chi connectivity index (χ0) is 8.27. The Morgan fingerprint density at radius 2 is 2.36 bits per heavy atom. The summed E-state index contributed by atoms with van der Waals surface area (Å²) in [5, 5.41) is 0. The number of isocyanates is 1. The quantitative estimate of drug-likeness (QED) is 0.445. The van der Waals surface area contributed by atoms with Crippen molar-refractivity contribution >= 4 is 12.0 Å². The van der Waals surface area contributed by atoms with Gasteiger partial charge in [-0.25, -0.2) is 4.79 Å². The summed E-state index contributed by atoms with van der Waals surface area (Å²) in [7, 11) is 0. The fourth-order valence-electron chi connectivity index (χ4n) is 0.646. The van der Waals surface area contributed by atoms with Gasteiger partial charge in [0.2, 0.25) is 6.08 Å². The summed E-state index contributed by atoms with van der Waals surface area (Å²) in [5.41, 5.74) is 0. The normalized spacial score (nSPS) is 8.82. The van der Waals surface area contributed by atoms with Gasteiger partial charge < -0.3 is 4.42 Å². The third-order valence-electron chi connectivity index (χ3n) is 1.10. The summed E-state index contributed by atoms with van der Waals surface area (Å²) in [6.07, 6.45) is 1.14. The maximum absolute atomic E-state index is 10.7. The maximum Gasteiger partial charge on any atom is 0.323 e. The number of hydrogen-bond donors (Lipinski definition) is 0. The van der Waals surface area contributed by atoms with E-state index in [9.17, 15) is 9.59 Å². The van der Waals surface area contributed by atoms with Crippen LogP contribution in [-0.4, -0.2) is 12.0 Å². The van der Waals surface area contributed by atoms with Crippen molar-refractivity contribution in [3.8, 4) is 0 Å². The van der Waals surface area contributed by atoms with E-state index in [0.717, 1.165) is 6.08 Å². The van der Waals surface area contributed by atoms with Crippen LogP contribution in [0.2, 0.25) is 0 Å². The van der Waals surface area contributed by atoms with E-state index in [1.165, 1.54) is 6.07 Å². The summed E-state index contributed by atoms with van der Waals surface area (Å²) in [4.78, 5) is 23.2. The minimum absolute atomic E-state index is 0.0610. The van der Waals surface area contributed by atoms with Crippen LogP contribution < -0.4 is 0 Å². The lowest BCUT2D eigenvalue weighted by molar-refractivity contribution is 0.0975. The van der Waals surface area contributed by atoms with Gasteiger partial charge in [0.1, 0.15) is 5.76 Å². The zero-order valence-electron chi connectivity index (χ0n) is 5.83. The Balaban J connectivity index is 2.93. The van der Waals surface area contributed by atoms with Crippen molar-refractivity contribution in [1.82, 2.24) is 0 Å². The molecular weight excluding hydrogens is 146 g/mol. The lowest BCUT2D eigenvalue weighted by Gasteiger charge is -1.82. The minimum Gasteiger partial charge on any atom is -0.456 e. The summed E-state index contributed by atoms with van der Waals surface area (Å²) in [5.74, 6) is -0.0339. The van der Waals surface area contributed by atoms with Gasteiger partial charge >= 0.3 is 5.91 Å². The van der Waals surface area contributed by atoms with Crippen LogP contribution in [-0.2, 0) is 4.79 Å². The van der Waals surface area contributed by atoms with E-state index < -0.39 is 5.91 Å². The van der Waals surface area contributed by atoms with Gasteiger partial charge in [0.25, 0.3) is 0 Å². The van der Waals surface area contributed by atoms with E-state index in [1.807, 2.05) is 0 Å². The monoisotopic (exact) mass is 151 g/mol. The van der Waals surface area contributed by atoms with Gasteiger partial charge in [0, 0.05) is 0 Å². The number of aryl methyl sites for hydroxylation is 1. The van der Waals surface area contributed by atoms with Gasteiger partial charge in [-0.05, 0) is 19.1 Å². The average molecular weight is 151 g/mol. The topological polar surface area (TPSA) is 59.6 Å². The first-order valence-corrected chi connectivity index (χ1v) is 2.92. The molecule has 0 atom stereocenters. The number of hydrogen-bond acceptors (Lipinski definition) is 3. The van der Waals surface area contributed by atoms with Crippen molar-refractivity contribution < 1.29 is 14.0 Å². The molecule has 0 bridgehead atoms. The van der Waals surface area contributed by atoms with E-state index >= 15 is 0 Å². The van der Waals surface area contributed by atoms with Crippen LogP contribution in [0.5, 0.6) is 0 Å². The number of carbonyl (C=O) groups is 1. The van der Waals surface area contributed by atoms with Crippen molar-refractivity contribution in [2.75, 3.05) is 0 Å². The fourth-order valence-corrected chi connectivity index (χ4v) is 0.646. The number of aliphatic imine (C=N–C) groups is 1. The largest absolute Gasteiger partial charge is 0.456 e. The molecule has 0 aliphatic heterocycles. The van der Waals surface area contributed by atoms with Crippen LogP contribution in [0.25, 0.3) is 0 Å². The number of rotatable bonds is 1. The Labute approximate surface area is 62.5 Å². The van der Waals surface area contributed by atoms with Gasteiger partial charge in [-0.1, -0.05) is 0 Å². The summed E-state index contributed by atoms with van der Waals surface area (Å²) < 4.78 is 4.88. The smallest absolute Gasteiger partial charge is 0.323 e. The van der Waals surface area contributed by atoms with Gasteiger partial charge in [-0.3, -0.25) is 4.79 Å². The molecule has 4 nitrogen and oxygen atoms in total. The third kappa shape index (κ3) is 1.63. The lowest BCUT2D eigenvalue weighted by atomic mass is 10.4.